The first kappa shape index (κ1) is 9.44. The van der Waals surface area contributed by atoms with Crippen LogP contribution in [0.1, 0.15) is 19.3 Å². The number of hydrogen-bond acceptors (Lipinski definition) is 3. The second-order valence-electron chi connectivity index (χ2n) is 4.11. The Kier molecular flexibility index (Phi) is 2.58. The van der Waals surface area contributed by atoms with Gasteiger partial charge in [0, 0.05) is 39.1 Å². The van der Waals surface area contributed by atoms with E-state index < -0.39 is 0 Å². The van der Waals surface area contributed by atoms with Gasteiger partial charge in [0.25, 0.3) is 0 Å². The molecule has 1 aliphatic heterocycles. The van der Waals surface area contributed by atoms with Crippen LogP contribution in [0.5, 0.6) is 0 Å². The van der Waals surface area contributed by atoms with Gasteiger partial charge in [-0.25, -0.2) is 0 Å². The van der Waals surface area contributed by atoms with E-state index in [1.807, 2.05) is 0 Å². The fourth-order valence-corrected chi connectivity index (χ4v) is 3.02. The maximum Gasteiger partial charge on any atom is 0.175 e. The normalized spacial score (nSPS) is 37.4. The fourth-order valence-electron chi connectivity index (χ4n) is 3.02. The van der Waals surface area contributed by atoms with Crippen LogP contribution >= 0.6 is 0 Å². The number of rotatable bonds is 2. The molecule has 1 N–H and O–H groups in total. The lowest BCUT2D eigenvalue weighted by atomic mass is 9.73. The molecular weight excluding hydrogens is 166 g/mol. The maximum absolute atomic E-state index is 5.63. The van der Waals surface area contributed by atoms with Crippen molar-refractivity contribution >= 4 is 0 Å². The molecule has 2 unspecified atom stereocenters. The molecule has 2 bridgehead atoms. The van der Waals surface area contributed by atoms with Crippen LogP contribution in [0.15, 0.2) is 0 Å². The molecule has 2 rings (SSSR count). The van der Waals surface area contributed by atoms with E-state index in [1.54, 1.807) is 14.2 Å². The number of ether oxygens (including phenoxy) is 2. The third-order valence-electron chi connectivity index (χ3n) is 3.66. The Bertz CT molecular complexity index is 156. The van der Waals surface area contributed by atoms with E-state index in [4.69, 9.17) is 9.47 Å². The molecule has 3 nitrogen and oxygen atoms in total. The van der Waals surface area contributed by atoms with Gasteiger partial charge in [-0.2, -0.15) is 0 Å². The second kappa shape index (κ2) is 3.56. The SMILES string of the molecule is COC1(OC)C2CCCC1CNC2. The van der Waals surface area contributed by atoms with E-state index in [1.165, 1.54) is 19.3 Å². The molecule has 0 aromatic rings. The number of methoxy groups -OCH3 is 2. The van der Waals surface area contributed by atoms with Crippen LogP contribution in [0.4, 0.5) is 0 Å². The highest BCUT2D eigenvalue weighted by molar-refractivity contribution is 4.96. The minimum Gasteiger partial charge on any atom is -0.353 e. The average molecular weight is 185 g/mol. The Balaban J connectivity index is 2.22. The van der Waals surface area contributed by atoms with Crippen LogP contribution in [-0.2, 0) is 9.47 Å². The first-order chi connectivity index (χ1) is 6.33. The van der Waals surface area contributed by atoms with Crippen LogP contribution < -0.4 is 5.32 Å². The molecule has 0 amide bonds. The van der Waals surface area contributed by atoms with Crippen molar-refractivity contribution in [2.45, 2.75) is 25.0 Å². The summed E-state index contributed by atoms with van der Waals surface area (Å²) in [5.74, 6) is 0.786. The molecule has 2 atom stereocenters. The summed E-state index contributed by atoms with van der Waals surface area (Å²) in [6.45, 7) is 2.08. The zero-order valence-corrected chi connectivity index (χ0v) is 8.51. The van der Waals surface area contributed by atoms with Gasteiger partial charge in [0.15, 0.2) is 5.79 Å². The zero-order valence-electron chi connectivity index (χ0n) is 8.51. The summed E-state index contributed by atoms with van der Waals surface area (Å²) >= 11 is 0. The minimum atomic E-state index is -0.288. The minimum absolute atomic E-state index is 0.288. The van der Waals surface area contributed by atoms with Crippen LogP contribution in [0.3, 0.4) is 0 Å². The molecule has 1 saturated carbocycles. The quantitative estimate of drug-likeness (QED) is 0.651. The number of nitrogens with one attached hydrogen (secondary N) is 1. The summed E-state index contributed by atoms with van der Waals surface area (Å²) < 4.78 is 11.3. The lowest BCUT2D eigenvalue weighted by Gasteiger charge is -2.50. The molecule has 0 aromatic carbocycles. The van der Waals surface area contributed by atoms with E-state index in [2.05, 4.69) is 5.32 Å². The first-order valence-electron chi connectivity index (χ1n) is 5.14. The van der Waals surface area contributed by atoms with Gasteiger partial charge in [0.2, 0.25) is 0 Å². The van der Waals surface area contributed by atoms with E-state index >= 15 is 0 Å². The highest BCUT2D eigenvalue weighted by atomic mass is 16.7. The van der Waals surface area contributed by atoms with Crippen LogP contribution in [0.25, 0.3) is 0 Å². The highest BCUT2D eigenvalue weighted by Crippen LogP contribution is 2.43. The Morgan fingerprint density at radius 1 is 1.08 bits per heavy atom. The molecule has 1 heterocycles. The summed E-state index contributed by atoms with van der Waals surface area (Å²) in [6.07, 6.45) is 3.78. The van der Waals surface area contributed by atoms with Gasteiger partial charge in [-0.3, -0.25) is 0 Å². The van der Waals surface area contributed by atoms with E-state index in [0.717, 1.165) is 13.1 Å². The molecular formula is C10H19NO2. The maximum atomic E-state index is 5.63. The van der Waals surface area contributed by atoms with Crippen molar-refractivity contribution in [1.82, 2.24) is 5.32 Å². The van der Waals surface area contributed by atoms with E-state index in [-0.39, 0.29) is 5.79 Å². The third-order valence-corrected chi connectivity index (χ3v) is 3.66. The van der Waals surface area contributed by atoms with Crippen molar-refractivity contribution in [3.05, 3.63) is 0 Å². The number of hydrogen-bond donors (Lipinski definition) is 1. The molecule has 2 aliphatic rings. The fraction of sp³-hybridized carbons (Fsp3) is 1.00. The van der Waals surface area contributed by atoms with Gasteiger partial charge in [0.1, 0.15) is 0 Å². The Hall–Kier alpha value is -0.120. The van der Waals surface area contributed by atoms with Gasteiger partial charge in [-0.05, 0) is 12.8 Å². The molecule has 0 aromatic heterocycles. The number of piperidine rings is 1. The van der Waals surface area contributed by atoms with Crippen LogP contribution in [0, 0.1) is 11.8 Å². The Labute approximate surface area is 79.8 Å². The topological polar surface area (TPSA) is 30.5 Å². The zero-order chi connectivity index (χ0) is 9.31. The van der Waals surface area contributed by atoms with Crippen molar-refractivity contribution in [3.8, 4) is 0 Å². The van der Waals surface area contributed by atoms with E-state index in [0.29, 0.717) is 11.8 Å². The second-order valence-corrected chi connectivity index (χ2v) is 4.11. The summed E-state index contributed by atoms with van der Waals surface area (Å²) in [4.78, 5) is 0. The molecule has 13 heavy (non-hydrogen) atoms. The van der Waals surface area contributed by atoms with Gasteiger partial charge < -0.3 is 14.8 Å². The monoisotopic (exact) mass is 185 g/mol. The summed E-state index contributed by atoms with van der Waals surface area (Å²) in [7, 11) is 3.56. The van der Waals surface area contributed by atoms with Crippen LogP contribution in [-0.4, -0.2) is 33.1 Å². The molecule has 76 valence electrons. The average Bonchev–Trinajstić information content (AvgIpc) is 2.16. The van der Waals surface area contributed by atoms with Crippen molar-refractivity contribution in [3.63, 3.8) is 0 Å². The molecule has 1 saturated heterocycles. The van der Waals surface area contributed by atoms with Crippen molar-refractivity contribution in [2.24, 2.45) is 11.8 Å². The first-order valence-corrected chi connectivity index (χ1v) is 5.14. The molecule has 2 fully saturated rings. The number of fused-ring (bicyclic) bond motifs is 2. The Morgan fingerprint density at radius 3 is 2.00 bits per heavy atom. The molecule has 1 aliphatic carbocycles. The Morgan fingerprint density at radius 2 is 1.62 bits per heavy atom. The van der Waals surface area contributed by atoms with Crippen LogP contribution in [0.2, 0.25) is 0 Å². The predicted octanol–water partition coefficient (Wildman–Crippen LogP) is 0.995. The van der Waals surface area contributed by atoms with Gasteiger partial charge in [-0.1, -0.05) is 6.42 Å². The summed E-state index contributed by atoms with van der Waals surface area (Å²) in [5, 5.41) is 3.45. The summed E-state index contributed by atoms with van der Waals surface area (Å²) in [5.41, 5.74) is 0. The predicted molar refractivity (Wildman–Crippen MR) is 50.4 cm³/mol. The van der Waals surface area contributed by atoms with Gasteiger partial charge in [0.05, 0.1) is 0 Å². The lowest BCUT2D eigenvalue weighted by Crippen LogP contribution is -2.61. The smallest absolute Gasteiger partial charge is 0.175 e. The van der Waals surface area contributed by atoms with Gasteiger partial charge in [-0.15, -0.1) is 0 Å². The molecule has 3 heteroatoms. The highest BCUT2D eigenvalue weighted by Gasteiger charge is 2.50. The third kappa shape index (κ3) is 1.30. The lowest BCUT2D eigenvalue weighted by molar-refractivity contribution is -0.290. The van der Waals surface area contributed by atoms with Crippen molar-refractivity contribution in [2.75, 3.05) is 27.3 Å². The van der Waals surface area contributed by atoms with Crippen molar-refractivity contribution < 1.29 is 9.47 Å². The molecule has 0 spiro atoms. The van der Waals surface area contributed by atoms with E-state index in [9.17, 15) is 0 Å². The van der Waals surface area contributed by atoms with Gasteiger partial charge >= 0.3 is 0 Å². The van der Waals surface area contributed by atoms with Crippen molar-refractivity contribution in [1.29, 1.82) is 0 Å². The summed E-state index contributed by atoms with van der Waals surface area (Å²) in [6, 6.07) is 0. The standard InChI is InChI=1S/C10H19NO2/c1-12-10(13-2)8-4-3-5-9(10)7-11-6-8/h8-9,11H,3-7H2,1-2H3. The largest absolute Gasteiger partial charge is 0.353 e. The molecule has 0 radical (unpaired) electrons.